The Hall–Kier alpha value is -1.73. The van der Waals surface area contributed by atoms with Crippen LogP contribution in [0.4, 0.5) is 5.69 Å². The molecule has 1 aromatic heterocycles. The van der Waals surface area contributed by atoms with Crippen LogP contribution in [0.3, 0.4) is 0 Å². The highest BCUT2D eigenvalue weighted by Gasteiger charge is 2.04. The van der Waals surface area contributed by atoms with E-state index in [1.165, 1.54) is 6.21 Å². The van der Waals surface area contributed by atoms with Gasteiger partial charge in [0.15, 0.2) is 4.77 Å². The van der Waals surface area contributed by atoms with Crippen LogP contribution in [0.25, 0.3) is 0 Å². The standard InChI is InChI=1S/C11H8BrN3O2S/c12-6-2-1-3-7(4-6)13-5-8-9(16)14-11(18)15-10(8)17/h1-5H,(H3,14,15,16,17,18). The van der Waals surface area contributed by atoms with Crippen molar-refractivity contribution in [2.45, 2.75) is 0 Å². The molecule has 0 saturated carbocycles. The summed E-state index contributed by atoms with van der Waals surface area (Å²) >= 11 is 8.04. The van der Waals surface area contributed by atoms with E-state index < -0.39 is 5.56 Å². The van der Waals surface area contributed by atoms with Crippen LogP contribution in [0.5, 0.6) is 5.88 Å². The Morgan fingerprint density at radius 3 is 2.83 bits per heavy atom. The number of nitrogens with zero attached hydrogens (tertiary/aromatic N) is 1. The van der Waals surface area contributed by atoms with Crippen molar-refractivity contribution >= 4 is 40.0 Å². The van der Waals surface area contributed by atoms with E-state index in [9.17, 15) is 9.90 Å². The summed E-state index contributed by atoms with van der Waals surface area (Å²) in [5.41, 5.74) is 0.198. The third-order valence-corrected chi connectivity index (χ3v) is 2.81. The Balaban J connectivity index is 2.41. The van der Waals surface area contributed by atoms with Crippen molar-refractivity contribution in [3.63, 3.8) is 0 Å². The van der Waals surface area contributed by atoms with Crippen LogP contribution >= 0.6 is 28.1 Å². The average molecular weight is 326 g/mol. The van der Waals surface area contributed by atoms with Crippen LogP contribution in [0.15, 0.2) is 38.5 Å². The molecule has 0 bridgehead atoms. The van der Waals surface area contributed by atoms with Crippen LogP contribution < -0.4 is 5.56 Å². The van der Waals surface area contributed by atoms with E-state index >= 15 is 0 Å². The highest BCUT2D eigenvalue weighted by atomic mass is 79.9. The van der Waals surface area contributed by atoms with E-state index in [0.717, 1.165) is 4.47 Å². The number of aliphatic imine (C=N–C) groups is 1. The lowest BCUT2D eigenvalue weighted by Crippen LogP contribution is -2.13. The minimum absolute atomic E-state index is 0.0311. The Labute approximate surface area is 115 Å². The predicted molar refractivity (Wildman–Crippen MR) is 75.3 cm³/mol. The largest absolute Gasteiger partial charge is 0.494 e. The van der Waals surface area contributed by atoms with Gasteiger partial charge in [0.25, 0.3) is 5.56 Å². The second kappa shape index (κ2) is 5.28. The fourth-order valence-corrected chi connectivity index (χ4v) is 1.88. The van der Waals surface area contributed by atoms with E-state index in [-0.39, 0.29) is 16.2 Å². The summed E-state index contributed by atoms with van der Waals surface area (Å²) in [6.45, 7) is 0. The minimum Gasteiger partial charge on any atom is -0.494 e. The monoisotopic (exact) mass is 325 g/mol. The van der Waals surface area contributed by atoms with E-state index in [0.29, 0.717) is 5.69 Å². The summed E-state index contributed by atoms with van der Waals surface area (Å²) in [6, 6.07) is 7.24. The molecule has 0 radical (unpaired) electrons. The van der Waals surface area contributed by atoms with Gasteiger partial charge < -0.3 is 10.1 Å². The summed E-state index contributed by atoms with van der Waals surface area (Å²) in [5.74, 6) is -0.303. The van der Waals surface area contributed by atoms with Crippen molar-refractivity contribution < 1.29 is 5.11 Å². The molecule has 0 atom stereocenters. The van der Waals surface area contributed by atoms with Crippen molar-refractivity contribution in [1.29, 1.82) is 0 Å². The topological polar surface area (TPSA) is 81.2 Å². The highest BCUT2D eigenvalue weighted by Crippen LogP contribution is 2.18. The third kappa shape index (κ3) is 2.93. The predicted octanol–water partition coefficient (Wildman–Crippen LogP) is 2.65. The van der Waals surface area contributed by atoms with Gasteiger partial charge >= 0.3 is 0 Å². The summed E-state index contributed by atoms with van der Waals surface area (Å²) in [4.78, 5) is 20.5. The van der Waals surface area contributed by atoms with Gasteiger partial charge in [-0.15, -0.1) is 0 Å². The first-order valence-corrected chi connectivity index (χ1v) is 6.11. The Morgan fingerprint density at radius 1 is 1.39 bits per heavy atom. The number of H-pyrrole nitrogens is 2. The second-order valence-corrected chi connectivity index (χ2v) is 4.73. The van der Waals surface area contributed by atoms with Gasteiger partial charge in [0.05, 0.1) is 5.69 Å². The molecule has 18 heavy (non-hydrogen) atoms. The zero-order valence-electron chi connectivity index (χ0n) is 8.98. The molecule has 2 rings (SSSR count). The lowest BCUT2D eigenvalue weighted by molar-refractivity contribution is 0.449. The summed E-state index contributed by atoms with van der Waals surface area (Å²) in [7, 11) is 0. The molecule has 3 N–H and O–H groups in total. The molecule has 0 fully saturated rings. The van der Waals surface area contributed by atoms with Crippen molar-refractivity contribution in [2.75, 3.05) is 0 Å². The Kier molecular flexibility index (Phi) is 3.73. The smallest absolute Gasteiger partial charge is 0.264 e. The van der Waals surface area contributed by atoms with Gasteiger partial charge in [-0.2, -0.15) is 0 Å². The normalized spacial score (nSPS) is 10.9. The van der Waals surface area contributed by atoms with Crippen LogP contribution in [0.2, 0.25) is 0 Å². The number of benzene rings is 1. The number of nitrogens with one attached hydrogen (secondary N) is 2. The number of aromatic hydroxyl groups is 1. The molecular formula is C11H8BrN3O2S. The second-order valence-electron chi connectivity index (χ2n) is 3.41. The lowest BCUT2D eigenvalue weighted by Gasteiger charge is -1.97. The maximum atomic E-state index is 11.5. The molecule has 0 amide bonds. The first-order chi connectivity index (χ1) is 8.56. The van der Waals surface area contributed by atoms with Gasteiger partial charge in [-0.3, -0.25) is 14.8 Å². The molecule has 92 valence electrons. The van der Waals surface area contributed by atoms with Crippen molar-refractivity contribution in [3.8, 4) is 5.88 Å². The fourth-order valence-electron chi connectivity index (χ4n) is 1.30. The van der Waals surface area contributed by atoms with E-state index in [1.807, 2.05) is 12.1 Å². The maximum Gasteiger partial charge on any atom is 0.264 e. The molecule has 1 heterocycles. The van der Waals surface area contributed by atoms with Gasteiger partial charge in [-0.25, -0.2) is 0 Å². The van der Waals surface area contributed by atoms with Gasteiger partial charge in [0, 0.05) is 10.7 Å². The third-order valence-electron chi connectivity index (χ3n) is 2.11. The molecule has 0 saturated heterocycles. The number of rotatable bonds is 2. The molecule has 2 aromatic rings. The molecule has 1 aromatic carbocycles. The molecule has 0 spiro atoms. The summed E-state index contributed by atoms with van der Waals surface area (Å²) < 4.78 is 0.944. The number of aromatic amines is 2. The highest BCUT2D eigenvalue weighted by molar-refractivity contribution is 9.10. The zero-order valence-corrected chi connectivity index (χ0v) is 11.4. The van der Waals surface area contributed by atoms with Crippen LogP contribution in [-0.2, 0) is 0 Å². The maximum absolute atomic E-state index is 11.5. The number of halogens is 1. The van der Waals surface area contributed by atoms with Gasteiger partial charge in [-0.1, -0.05) is 22.0 Å². The number of aromatic nitrogens is 2. The number of hydrogen-bond donors (Lipinski definition) is 3. The first kappa shape index (κ1) is 12.7. The van der Waals surface area contributed by atoms with Crippen LogP contribution in [0.1, 0.15) is 5.56 Å². The first-order valence-electron chi connectivity index (χ1n) is 4.91. The molecule has 7 heteroatoms. The van der Waals surface area contributed by atoms with Gasteiger partial charge in [0.1, 0.15) is 5.56 Å². The van der Waals surface area contributed by atoms with E-state index in [4.69, 9.17) is 12.2 Å². The SMILES string of the molecule is O=c1[nH]c(=S)[nH]c(O)c1C=Nc1cccc(Br)c1. The molecule has 0 unspecified atom stereocenters. The van der Waals surface area contributed by atoms with E-state index in [2.05, 4.69) is 30.9 Å². The van der Waals surface area contributed by atoms with Crippen LogP contribution in [0, 0.1) is 4.77 Å². The van der Waals surface area contributed by atoms with Crippen molar-refractivity contribution in [3.05, 3.63) is 49.4 Å². The van der Waals surface area contributed by atoms with Crippen molar-refractivity contribution in [1.82, 2.24) is 9.97 Å². The summed E-state index contributed by atoms with van der Waals surface area (Å²) in [6.07, 6.45) is 1.28. The molecule has 0 aliphatic rings. The number of hydrogen-bond acceptors (Lipinski definition) is 4. The summed E-state index contributed by atoms with van der Waals surface area (Å²) in [5, 5.41) is 9.56. The molecular weight excluding hydrogens is 318 g/mol. The quantitative estimate of drug-likeness (QED) is 0.586. The zero-order chi connectivity index (χ0) is 13.1. The van der Waals surface area contributed by atoms with E-state index in [1.54, 1.807) is 12.1 Å². The van der Waals surface area contributed by atoms with Crippen LogP contribution in [-0.4, -0.2) is 21.3 Å². The average Bonchev–Trinajstić information content (AvgIpc) is 2.27. The Bertz CT molecular complexity index is 721. The Morgan fingerprint density at radius 2 is 2.17 bits per heavy atom. The molecule has 0 aliphatic heterocycles. The van der Waals surface area contributed by atoms with Gasteiger partial charge in [-0.05, 0) is 30.4 Å². The van der Waals surface area contributed by atoms with Crippen molar-refractivity contribution in [2.24, 2.45) is 4.99 Å². The molecule has 5 nitrogen and oxygen atoms in total. The molecule has 0 aliphatic carbocycles. The lowest BCUT2D eigenvalue weighted by atomic mass is 10.3. The fraction of sp³-hybridized carbons (Fsp3) is 0. The van der Waals surface area contributed by atoms with Gasteiger partial charge in [0.2, 0.25) is 5.88 Å². The minimum atomic E-state index is -0.491.